The number of rotatable bonds is 4. The van der Waals surface area contributed by atoms with Crippen LogP contribution in [0.5, 0.6) is 0 Å². The molecule has 1 nitrogen and oxygen atoms in total. The smallest absolute Gasteiger partial charge is 0.0702 e. The highest BCUT2D eigenvalue weighted by molar-refractivity contribution is 9.11. The zero-order valence-corrected chi connectivity index (χ0v) is 14.5. The van der Waals surface area contributed by atoms with Gasteiger partial charge in [-0.3, -0.25) is 0 Å². The molecule has 0 bridgehead atoms. The molecule has 0 spiro atoms. The summed E-state index contributed by atoms with van der Waals surface area (Å²) in [4.78, 5) is 1.29. The number of hydrogen-bond acceptors (Lipinski definition) is 2. The van der Waals surface area contributed by atoms with Gasteiger partial charge in [0.15, 0.2) is 0 Å². The van der Waals surface area contributed by atoms with E-state index in [0.717, 1.165) is 19.8 Å². The molecule has 0 aliphatic heterocycles. The van der Waals surface area contributed by atoms with Crippen LogP contribution in [0.1, 0.15) is 23.4 Å². The molecule has 0 fully saturated rings. The zero-order valence-electron chi connectivity index (χ0n) is 9.71. The summed E-state index contributed by atoms with van der Waals surface area (Å²) >= 11 is 14.8. The third kappa shape index (κ3) is 3.36. The third-order valence-corrected chi connectivity index (χ3v) is 5.47. The SMILES string of the molecule is CCNC(c1ccc(Cl)c(Br)c1)c1ccc(Br)s1. The van der Waals surface area contributed by atoms with Crippen LogP contribution < -0.4 is 5.32 Å². The van der Waals surface area contributed by atoms with Crippen LogP contribution in [0.25, 0.3) is 0 Å². The van der Waals surface area contributed by atoms with E-state index in [1.807, 2.05) is 6.07 Å². The van der Waals surface area contributed by atoms with Crippen molar-refractivity contribution in [3.63, 3.8) is 0 Å². The highest BCUT2D eigenvalue weighted by Crippen LogP contribution is 2.33. The second-order valence-corrected chi connectivity index (χ2v) is 7.56. The first kappa shape index (κ1) is 14.5. The Morgan fingerprint density at radius 2 is 2.06 bits per heavy atom. The van der Waals surface area contributed by atoms with Gasteiger partial charge in [0.25, 0.3) is 0 Å². The number of hydrogen-bond donors (Lipinski definition) is 1. The van der Waals surface area contributed by atoms with Crippen LogP contribution in [0.4, 0.5) is 0 Å². The fourth-order valence-electron chi connectivity index (χ4n) is 1.76. The van der Waals surface area contributed by atoms with Gasteiger partial charge in [0.1, 0.15) is 0 Å². The quantitative estimate of drug-likeness (QED) is 0.690. The van der Waals surface area contributed by atoms with Gasteiger partial charge in [-0.2, -0.15) is 0 Å². The minimum Gasteiger partial charge on any atom is -0.306 e. The Labute approximate surface area is 133 Å². The van der Waals surface area contributed by atoms with Gasteiger partial charge in [0.05, 0.1) is 14.9 Å². The van der Waals surface area contributed by atoms with E-state index in [4.69, 9.17) is 11.6 Å². The Morgan fingerprint density at radius 3 is 2.61 bits per heavy atom. The van der Waals surface area contributed by atoms with Gasteiger partial charge in [-0.1, -0.05) is 24.6 Å². The molecule has 0 radical (unpaired) electrons. The van der Waals surface area contributed by atoms with E-state index in [9.17, 15) is 0 Å². The summed E-state index contributed by atoms with van der Waals surface area (Å²) in [7, 11) is 0. The van der Waals surface area contributed by atoms with E-state index < -0.39 is 0 Å². The molecule has 2 aromatic rings. The average molecular weight is 410 g/mol. The van der Waals surface area contributed by atoms with Crippen molar-refractivity contribution >= 4 is 54.8 Å². The Bertz CT molecular complexity index is 542. The molecule has 5 heteroatoms. The monoisotopic (exact) mass is 407 g/mol. The second kappa shape index (κ2) is 6.53. The van der Waals surface area contributed by atoms with Crippen LogP contribution in [-0.2, 0) is 0 Å². The lowest BCUT2D eigenvalue weighted by Gasteiger charge is -2.17. The molecule has 1 atom stereocenters. The number of nitrogens with one attached hydrogen (secondary N) is 1. The number of halogens is 3. The maximum Gasteiger partial charge on any atom is 0.0702 e. The lowest BCUT2D eigenvalue weighted by atomic mass is 10.1. The molecular formula is C13H12Br2ClNS. The van der Waals surface area contributed by atoms with Crippen molar-refractivity contribution in [3.05, 3.63) is 54.1 Å². The van der Waals surface area contributed by atoms with Crippen molar-refractivity contribution in [2.75, 3.05) is 6.54 Å². The molecule has 0 amide bonds. The first-order chi connectivity index (χ1) is 8.61. The molecule has 1 N–H and O–H groups in total. The Morgan fingerprint density at radius 1 is 1.28 bits per heavy atom. The molecule has 0 saturated carbocycles. The summed E-state index contributed by atoms with van der Waals surface area (Å²) < 4.78 is 2.08. The van der Waals surface area contributed by atoms with Gasteiger partial charge in [0.2, 0.25) is 0 Å². The molecule has 96 valence electrons. The summed E-state index contributed by atoms with van der Waals surface area (Å²) in [5.74, 6) is 0. The van der Waals surface area contributed by atoms with Crippen molar-refractivity contribution in [1.82, 2.24) is 5.32 Å². The molecule has 0 aliphatic carbocycles. The topological polar surface area (TPSA) is 12.0 Å². The summed E-state index contributed by atoms with van der Waals surface area (Å²) in [5.41, 5.74) is 1.21. The fraction of sp³-hybridized carbons (Fsp3) is 0.231. The van der Waals surface area contributed by atoms with Crippen molar-refractivity contribution in [2.24, 2.45) is 0 Å². The lowest BCUT2D eigenvalue weighted by Crippen LogP contribution is -2.21. The molecule has 18 heavy (non-hydrogen) atoms. The first-order valence-electron chi connectivity index (χ1n) is 5.55. The van der Waals surface area contributed by atoms with Gasteiger partial charge in [-0.25, -0.2) is 0 Å². The predicted octanol–water partition coefficient (Wildman–Crippen LogP) is 5.63. The van der Waals surface area contributed by atoms with Crippen LogP contribution in [0.3, 0.4) is 0 Å². The summed E-state index contributed by atoms with van der Waals surface area (Å²) in [5, 5.41) is 4.24. The zero-order chi connectivity index (χ0) is 13.1. The van der Waals surface area contributed by atoms with Crippen LogP contribution in [0.15, 0.2) is 38.6 Å². The maximum absolute atomic E-state index is 6.04. The minimum absolute atomic E-state index is 0.208. The molecule has 1 heterocycles. The number of benzene rings is 1. The largest absolute Gasteiger partial charge is 0.306 e. The van der Waals surface area contributed by atoms with E-state index in [0.29, 0.717) is 0 Å². The Balaban J connectivity index is 2.37. The van der Waals surface area contributed by atoms with Crippen LogP contribution in [-0.4, -0.2) is 6.54 Å². The van der Waals surface area contributed by atoms with Crippen LogP contribution in [0, 0.1) is 0 Å². The molecule has 1 unspecified atom stereocenters. The van der Waals surface area contributed by atoms with Gasteiger partial charge in [0, 0.05) is 9.35 Å². The molecular weight excluding hydrogens is 397 g/mol. The second-order valence-electron chi connectivity index (χ2n) is 3.81. The molecule has 0 saturated heterocycles. The Kier molecular flexibility index (Phi) is 5.27. The Hall–Kier alpha value is 0.130. The fourth-order valence-corrected chi connectivity index (χ4v) is 3.80. The summed E-state index contributed by atoms with van der Waals surface area (Å²) in [6.45, 7) is 3.03. The molecule has 0 aliphatic rings. The molecule has 1 aromatic heterocycles. The van der Waals surface area contributed by atoms with Crippen molar-refractivity contribution in [2.45, 2.75) is 13.0 Å². The van der Waals surface area contributed by atoms with Gasteiger partial charge >= 0.3 is 0 Å². The van der Waals surface area contributed by atoms with Gasteiger partial charge in [-0.05, 0) is 68.2 Å². The van der Waals surface area contributed by atoms with Crippen LogP contribution in [0.2, 0.25) is 5.02 Å². The highest BCUT2D eigenvalue weighted by Gasteiger charge is 2.15. The molecule has 1 aromatic carbocycles. The van der Waals surface area contributed by atoms with E-state index >= 15 is 0 Å². The first-order valence-corrected chi connectivity index (χ1v) is 8.33. The third-order valence-electron chi connectivity index (χ3n) is 2.56. The lowest BCUT2D eigenvalue weighted by molar-refractivity contribution is 0.639. The number of thiophene rings is 1. The van der Waals surface area contributed by atoms with E-state index in [2.05, 4.69) is 68.4 Å². The van der Waals surface area contributed by atoms with E-state index in [1.165, 1.54) is 10.4 Å². The minimum atomic E-state index is 0.208. The van der Waals surface area contributed by atoms with Gasteiger partial charge in [-0.15, -0.1) is 11.3 Å². The van der Waals surface area contributed by atoms with Crippen molar-refractivity contribution in [1.29, 1.82) is 0 Å². The predicted molar refractivity (Wildman–Crippen MR) is 86.7 cm³/mol. The average Bonchev–Trinajstić information content (AvgIpc) is 2.76. The standard InChI is InChI=1S/C13H12Br2ClNS/c1-2-17-13(11-5-6-12(15)18-11)8-3-4-10(16)9(14)7-8/h3-7,13,17H,2H2,1H3. The highest BCUT2D eigenvalue weighted by atomic mass is 79.9. The van der Waals surface area contributed by atoms with E-state index in [1.54, 1.807) is 11.3 Å². The normalized spacial score (nSPS) is 12.7. The van der Waals surface area contributed by atoms with Gasteiger partial charge < -0.3 is 5.32 Å². The molecule has 2 rings (SSSR count). The van der Waals surface area contributed by atoms with E-state index in [-0.39, 0.29) is 6.04 Å². The summed E-state index contributed by atoms with van der Waals surface area (Å²) in [6, 6.07) is 10.5. The maximum atomic E-state index is 6.04. The van der Waals surface area contributed by atoms with Crippen LogP contribution >= 0.6 is 54.8 Å². The van der Waals surface area contributed by atoms with Crippen molar-refractivity contribution in [3.8, 4) is 0 Å². The van der Waals surface area contributed by atoms with Crippen molar-refractivity contribution < 1.29 is 0 Å². The summed E-state index contributed by atoms with van der Waals surface area (Å²) in [6.07, 6.45) is 0.